The van der Waals surface area contributed by atoms with Crippen LogP contribution in [0, 0.1) is 0 Å². The van der Waals surface area contributed by atoms with Gasteiger partial charge in [-0.05, 0) is 32.9 Å². The van der Waals surface area contributed by atoms with Crippen molar-refractivity contribution in [2.24, 2.45) is 0 Å². The van der Waals surface area contributed by atoms with Crippen molar-refractivity contribution in [1.29, 1.82) is 0 Å². The second-order valence-corrected chi connectivity index (χ2v) is 6.93. The lowest BCUT2D eigenvalue weighted by Gasteiger charge is -2.16. The topological polar surface area (TPSA) is 71.4 Å². The highest BCUT2D eigenvalue weighted by Gasteiger charge is 2.35. The largest absolute Gasteiger partial charge is 0.479 e. The summed E-state index contributed by atoms with van der Waals surface area (Å²) in [5.41, 5.74) is -2.61. The van der Waals surface area contributed by atoms with E-state index in [-0.39, 0.29) is 10.5 Å². The minimum atomic E-state index is -3.43. The monoisotopic (exact) mass is 274 g/mol. The lowest BCUT2D eigenvalue weighted by atomic mass is 9.98. The number of hydrogen-bond acceptors (Lipinski definition) is 3. The third kappa shape index (κ3) is 2.53. The van der Waals surface area contributed by atoms with Crippen molar-refractivity contribution >= 4 is 15.8 Å². The normalized spacial score (nSPS) is 15.4. The van der Waals surface area contributed by atoms with Crippen LogP contribution >= 0.6 is 0 Å². The molecular formula is C12H15FO4S. The highest BCUT2D eigenvalue weighted by molar-refractivity contribution is 7.92. The van der Waals surface area contributed by atoms with E-state index < -0.39 is 26.7 Å². The Morgan fingerprint density at radius 2 is 1.72 bits per heavy atom. The molecule has 1 N–H and O–H groups in total. The van der Waals surface area contributed by atoms with E-state index in [1.807, 2.05) is 0 Å². The molecule has 0 aromatic heterocycles. The molecule has 100 valence electrons. The van der Waals surface area contributed by atoms with Crippen LogP contribution in [-0.2, 0) is 20.3 Å². The lowest BCUT2D eigenvalue weighted by Crippen LogP contribution is -2.27. The van der Waals surface area contributed by atoms with Crippen molar-refractivity contribution in [2.45, 2.75) is 36.6 Å². The molecule has 4 nitrogen and oxygen atoms in total. The third-order valence-corrected chi connectivity index (χ3v) is 4.92. The number of rotatable bonds is 4. The van der Waals surface area contributed by atoms with E-state index in [9.17, 15) is 17.6 Å². The predicted molar refractivity (Wildman–Crippen MR) is 64.9 cm³/mol. The first-order chi connectivity index (χ1) is 8.10. The van der Waals surface area contributed by atoms with Crippen LogP contribution in [0.3, 0.4) is 0 Å². The maximum Gasteiger partial charge on any atom is 0.345 e. The van der Waals surface area contributed by atoms with Gasteiger partial charge in [0.2, 0.25) is 5.67 Å². The second-order valence-electron chi connectivity index (χ2n) is 4.43. The average molecular weight is 274 g/mol. The summed E-state index contributed by atoms with van der Waals surface area (Å²) in [7, 11) is -3.43. The zero-order chi connectivity index (χ0) is 14.1. The van der Waals surface area contributed by atoms with E-state index in [1.165, 1.54) is 24.3 Å². The Hall–Kier alpha value is -1.43. The number of carboxylic acids is 1. The Labute approximate surface area is 105 Å². The summed E-state index contributed by atoms with van der Waals surface area (Å²) >= 11 is 0. The highest BCUT2D eigenvalue weighted by atomic mass is 32.2. The molecule has 0 bridgehead atoms. The average Bonchev–Trinajstić information content (AvgIpc) is 2.28. The van der Waals surface area contributed by atoms with Gasteiger partial charge in [-0.2, -0.15) is 0 Å². The Morgan fingerprint density at radius 3 is 2.06 bits per heavy atom. The van der Waals surface area contributed by atoms with Crippen LogP contribution in [-0.4, -0.2) is 24.7 Å². The van der Waals surface area contributed by atoms with Gasteiger partial charge in [-0.1, -0.05) is 12.1 Å². The van der Waals surface area contributed by atoms with Gasteiger partial charge in [0.25, 0.3) is 0 Å². The molecule has 0 saturated heterocycles. The van der Waals surface area contributed by atoms with E-state index in [0.29, 0.717) is 0 Å². The first kappa shape index (κ1) is 14.6. The molecular weight excluding hydrogens is 259 g/mol. The predicted octanol–water partition coefficient (Wildman–Crippen LogP) is 2.14. The fourth-order valence-corrected chi connectivity index (χ4v) is 2.41. The number of carboxylic acid groups (broad SMARTS) is 1. The molecule has 1 aromatic carbocycles. The highest BCUT2D eigenvalue weighted by Crippen LogP contribution is 2.27. The van der Waals surface area contributed by atoms with Gasteiger partial charge in [-0.15, -0.1) is 0 Å². The van der Waals surface area contributed by atoms with Crippen LogP contribution in [0.4, 0.5) is 4.39 Å². The maximum atomic E-state index is 13.8. The Kier molecular flexibility index (Phi) is 3.81. The number of halogens is 1. The quantitative estimate of drug-likeness (QED) is 0.913. The summed E-state index contributed by atoms with van der Waals surface area (Å²) in [6.45, 7) is 4.00. The molecule has 0 heterocycles. The molecule has 0 amide bonds. The summed E-state index contributed by atoms with van der Waals surface area (Å²) < 4.78 is 37.4. The minimum Gasteiger partial charge on any atom is -0.479 e. The van der Waals surface area contributed by atoms with E-state index in [4.69, 9.17) is 5.11 Å². The molecule has 0 saturated carbocycles. The number of sulfone groups is 1. The van der Waals surface area contributed by atoms with E-state index in [2.05, 4.69) is 0 Å². The molecule has 6 heteroatoms. The fraction of sp³-hybridized carbons (Fsp3) is 0.417. The van der Waals surface area contributed by atoms with Gasteiger partial charge in [0, 0.05) is 5.56 Å². The molecule has 0 radical (unpaired) electrons. The Balaban J connectivity index is 3.20. The van der Waals surface area contributed by atoms with Crippen molar-refractivity contribution in [1.82, 2.24) is 0 Å². The number of benzene rings is 1. The van der Waals surface area contributed by atoms with E-state index in [1.54, 1.807) is 13.8 Å². The first-order valence-corrected chi connectivity index (χ1v) is 6.91. The molecule has 0 aliphatic heterocycles. The van der Waals surface area contributed by atoms with Crippen LogP contribution in [0.2, 0.25) is 0 Å². The number of aliphatic carboxylic acids is 1. The molecule has 1 rings (SSSR count). The third-order valence-electron chi connectivity index (χ3n) is 2.75. The molecule has 0 fully saturated rings. The van der Waals surface area contributed by atoms with Gasteiger partial charge in [0.15, 0.2) is 9.84 Å². The van der Waals surface area contributed by atoms with Gasteiger partial charge in [0.05, 0.1) is 10.1 Å². The molecule has 1 aromatic rings. The maximum absolute atomic E-state index is 13.8. The Morgan fingerprint density at radius 1 is 1.28 bits per heavy atom. The number of carbonyl (C=O) groups is 1. The molecule has 18 heavy (non-hydrogen) atoms. The summed E-state index contributed by atoms with van der Waals surface area (Å²) in [5.74, 6) is -1.61. The molecule has 0 aliphatic rings. The summed E-state index contributed by atoms with van der Waals surface area (Å²) in [4.78, 5) is 10.8. The van der Waals surface area contributed by atoms with Gasteiger partial charge in [-0.25, -0.2) is 17.6 Å². The van der Waals surface area contributed by atoms with Crippen LogP contribution in [0.25, 0.3) is 0 Å². The van der Waals surface area contributed by atoms with E-state index >= 15 is 0 Å². The second kappa shape index (κ2) is 4.68. The summed E-state index contributed by atoms with van der Waals surface area (Å²) in [6, 6.07) is 4.82. The number of hydrogen-bond donors (Lipinski definition) is 1. The van der Waals surface area contributed by atoms with E-state index in [0.717, 1.165) is 6.92 Å². The van der Waals surface area contributed by atoms with Crippen molar-refractivity contribution in [2.75, 3.05) is 0 Å². The van der Waals surface area contributed by atoms with Crippen molar-refractivity contribution in [3.05, 3.63) is 29.8 Å². The minimum absolute atomic E-state index is 0.0578. The smallest absolute Gasteiger partial charge is 0.345 e. The van der Waals surface area contributed by atoms with Gasteiger partial charge in [-0.3, -0.25) is 0 Å². The van der Waals surface area contributed by atoms with Crippen molar-refractivity contribution in [3.63, 3.8) is 0 Å². The first-order valence-electron chi connectivity index (χ1n) is 5.37. The van der Waals surface area contributed by atoms with Crippen LogP contribution in [0.1, 0.15) is 26.3 Å². The zero-order valence-electron chi connectivity index (χ0n) is 10.3. The molecule has 1 atom stereocenters. The summed E-state index contributed by atoms with van der Waals surface area (Å²) in [6.07, 6.45) is 0. The standard InChI is InChI=1S/C12H15FO4S/c1-8(2)18(16,17)10-6-4-9(5-7-10)12(3,13)11(14)15/h4-8H,1-3H3,(H,14,15). The van der Waals surface area contributed by atoms with Gasteiger partial charge < -0.3 is 5.11 Å². The Bertz CT molecular complexity index is 544. The zero-order valence-corrected chi connectivity index (χ0v) is 11.2. The summed E-state index contributed by atoms with van der Waals surface area (Å²) in [5, 5.41) is 8.14. The van der Waals surface area contributed by atoms with Gasteiger partial charge >= 0.3 is 5.97 Å². The SMILES string of the molecule is CC(C)S(=O)(=O)c1ccc(C(C)(F)C(=O)O)cc1. The lowest BCUT2D eigenvalue weighted by molar-refractivity contribution is -0.150. The molecule has 1 unspecified atom stereocenters. The van der Waals surface area contributed by atoms with Gasteiger partial charge in [0.1, 0.15) is 0 Å². The molecule has 0 aliphatic carbocycles. The number of alkyl halides is 1. The molecule has 0 spiro atoms. The van der Waals surface area contributed by atoms with Crippen molar-refractivity contribution in [3.8, 4) is 0 Å². The van der Waals surface area contributed by atoms with Crippen LogP contribution in [0.15, 0.2) is 29.2 Å². The van der Waals surface area contributed by atoms with Crippen LogP contribution in [0.5, 0.6) is 0 Å². The van der Waals surface area contributed by atoms with Crippen LogP contribution < -0.4 is 0 Å². The van der Waals surface area contributed by atoms with Crippen molar-refractivity contribution < 1.29 is 22.7 Å². The fourth-order valence-electron chi connectivity index (χ4n) is 1.35.